The number of hydrogen-bond acceptors (Lipinski definition) is 7. The minimum atomic E-state index is -1.18. The monoisotopic (exact) mass is 472 g/mol. The van der Waals surface area contributed by atoms with Crippen molar-refractivity contribution in [1.29, 1.82) is 0 Å². The Morgan fingerprint density at radius 2 is 1.51 bits per heavy atom. The smallest absolute Gasteiger partial charge is 0.408 e. The molecule has 9 heteroatoms. The van der Waals surface area contributed by atoms with Gasteiger partial charge in [0.1, 0.15) is 18.2 Å². The molecule has 0 saturated carbocycles. The summed E-state index contributed by atoms with van der Waals surface area (Å²) in [5.41, 5.74) is 2.65. The minimum absolute atomic E-state index is 0.0585. The fourth-order valence-corrected chi connectivity index (χ4v) is 3.42. The van der Waals surface area contributed by atoms with E-state index in [0.717, 1.165) is 15.8 Å². The Morgan fingerprint density at radius 3 is 2.23 bits per heavy atom. The highest BCUT2D eigenvalue weighted by Gasteiger charge is 2.30. The molecule has 0 saturated heterocycles. The molecule has 0 bridgehead atoms. The van der Waals surface area contributed by atoms with Crippen molar-refractivity contribution in [3.05, 3.63) is 96.1 Å². The Hall–Kier alpha value is -4.53. The number of nitrogens with one attached hydrogen (secondary N) is 1. The van der Waals surface area contributed by atoms with Crippen LogP contribution in [0.3, 0.4) is 0 Å². The molecule has 3 aromatic carbocycles. The van der Waals surface area contributed by atoms with E-state index in [2.05, 4.69) is 15.6 Å². The summed E-state index contributed by atoms with van der Waals surface area (Å²) in [5.74, 6) is -1.32. The fraction of sp³-hybridized carbons (Fsp3) is 0.192. The molecule has 1 aromatic heterocycles. The van der Waals surface area contributed by atoms with Gasteiger partial charge in [0.15, 0.2) is 6.10 Å². The van der Waals surface area contributed by atoms with Crippen molar-refractivity contribution in [1.82, 2.24) is 20.3 Å². The Kier molecular flexibility index (Phi) is 7.47. The number of carbonyl (C=O) groups is 3. The number of para-hydroxylation sites is 1. The predicted octanol–water partition coefficient (Wildman–Crippen LogP) is 3.54. The molecule has 0 aliphatic heterocycles. The van der Waals surface area contributed by atoms with Crippen LogP contribution in [0.25, 0.3) is 11.0 Å². The maximum atomic E-state index is 13.3. The van der Waals surface area contributed by atoms with Crippen LogP contribution in [-0.4, -0.2) is 45.1 Å². The second-order valence-corrected chi connectivity index (χ2v) is 7.87. The van der Waals surface area contributed by atoms with E-state index in [-0.39, 0.29) is 13.0 Å². The van der Waals surface area contributed by atoms with Crippen LogP contribution in [0, 0.1) is 0 Å². The number of nitrogens with zero attached hydrogens (tertiary/aromatic N) is 3. The van der Waals surface area contributed by atoms with Crippen LogP contribution < -0.4 is 5.32 Å². The van der Waals surface area contributed by atoms with Gasteiger partial charge in [0.05, 0.1) is 5.52 Å². The zero-order valence-electron chi connectivity index (χ0n) is 19.0. The van der Waals surface area contributed by atoms with Crippen molar-refractivity contribution >= 4 is 29.0 Å². The van der Waals surface area contributed by atoms with Gasteiger partial charge in [-0.2, -0.15) is 4.68 Å². The first kappa shape index (κ1) is 23.6. The maximum Gasteiger partial charge on any atom is 0.408 e. The molecule has 1 N–H and O–H groups in total. The van der Waals surface area contributed by atoms with Gasteiger partial charge in [-0.3, -0.25) is 4.79 Å². The Morgan fingerprint density at radius 1 is 0.886 bits per heavy atom. The molecule has 1 amide bonds. The van der Waals surface area contributed by atoms with Crippen LogP contribution in [0.4, 0.5) is 4.79 Å². The zero-order chi connectivity index (χ0) is 24.6. The molecular weight excluding hydrogens is 448 g/mol. The molecule has 4 rings (SSSR count). The van der Waals surface area contributed by atoms with E-state index >= 15 is 0 Å². The number of esters is 1. The third-order valence-electron chi connectivity index (χ3n) is 5.26. The molecule has 1 heterocycles. The van der Waals surface area contributed by atoms with Gasteiger partial charge in [0, 0.05) is 6.42 Å². The SMILES string of the molecule is C[C@H](NC(=O)OCc1ccccc1)C(=O)O[C@@H](Cc1ccccc1)C(=O)n1nnc2ccccc21. The highest BCUT2D eigenvalue weighted by Crippen LogP contribution is 2.14. The van der Waals surface area contributed by atoms with Crippen LogP contribution in [0.5, 0.6) is 0 Å². The molecule has 0 radical (unpaired) electrons. The molecule has 9 nitrogen and oxygen atoms in total. The first-order valence-electron chi connectivity index (χ1n) is 11.1. The first-order valence-corrected chi connectivity index (χ1v) is 11.1. The minimum Gasteiger partial charge on any atom is -0.450 e. The van der Waals surface area contributed by atoms with E-state index in [9.17, 15) is 14.4 Å². The van der Waals surface area contributed by atoms with Crippen LogP contribution in [0.15, 0.2) is 84.9 Å². The summed E-state index contributed by atoms with van der Waals surface area (Å²) in [6.45, 7) is 1.52. The average molecular weight is 473 g/mol. The van der Waals surface area contributed by atoms with Gasteiger partial charge >= 0.3 is 12.1 Å². The molecular formula is C26H24N4O5. The number of benzene rings is 3. The molecule has 178 valence electrons. The Labute approximate surface area is 201 Å². The van der Waals surface area contributed by atoms with Gasteiger partial charge in [-0.05, 0) is 30.2 Å². The number of alkyl carbamates (subject to hydrolysis) is 1. The zero-order valence-corrected chi connectivity index (χ0v) is 19.0. The van der Waals surface area contributed by atoms with Crippen molar-refractivity contribution in [3.63, 3.8) is 0 Å². The lowest BCUT2D eigenvalue weighted by Crippen LogP contribution is -2.43. The number of hydrogen-bond donors (Lipinski definition) is 1. The number of ether oxygens (including phenoxy) is 2. The lowest BCUT2D eigenvalue weighted by molar-refractivity contribution is -0.149. The summed E-state index contributed by atoms with van der Waals surface area (Å²) in [5, 5.41) is 10.4. The van der Waals surface area contributed by atoms with E-state index in [4.69, 9.17) is 9.47 Å². The summed E-state index contributed by atoms with van der Waals surface area (Å²) in [7, 11) is 0. The topological polar surface area (TPSA) is 112 Å². The molecule has 35 heavy (non-hydrogen) atoms. The van der Waals surface area contributed by atoms with Gasteiger partial charge in [0.25, 0.3) is 5.91 Å². The van der Waals surface area contributed by atoms with E-state index in [1.807, 2.05) is 60.7 Å². The molecule has 0 unspecified atom stereocenters. The standard InChI is InChI=1S/C26H24N4O5/c1-18(27-26(33)34-17-20-12-6-3-7-13-20)25(32)35-23(16-19-10-4-2-5-11-19)24(31)30-22-15-9-8-14-21(22)28-29-30/h2-15,18,23H,16-17H2,1H3,(H,27,33)/t18-,23-/m0/s1. The fourth-order valence-electron chi connectivity index (χ4n) is 3.42. The average Bonchev–Trinajstić information content (AvgIpc) is 3.32. The molecule has 2 atom stereocenters. The van der Waals surface area contributed by atoms with Crippen molar-refractivity contribution in [2.45, 2.75) is 32.1 Å². The maximum absolute atomic E-state index is 13.3. The van der Waals surface area contributed by atoms with Crippen LogP contribution in [-0.2, 0) is 27.3 Å². The van der Waals surface area contributed by atoms with E-state index in [1.165, 1.54) is 6.92 Å². The van der Waals surface area contributed by atoms with Crippen LogP contribution in [0.2, 0.25) is 0 Å². The van der Waals surface area contributed by atoms with Crippen LogP contribution in [0.1, 0.15) is 22.8 Å². The predicted molar refractivity (Wildman–Crippen MR) is 127 cm³/mol. The van der Waals surface area contributed by atoms with E-state index in [0.29, 0.717) is 11.0 Å². The molecule has 0 aliphatic carbocycles. The van der Waals surface area contributed by atoms with E-state index < -0.39 is 30.1 Å². The van der Waals surface area contributed by atoms with Crippen LogP contribution >= 0.6 is 0 Å². The Bertz CT molecular complexity index is 1310. The number of carbonyl (C=O) groups excluding carboxylic acids is 3. The summed E-state index contributed by atoms with van der Waals surface area (Å²) in [4.78, 5) is 38.3. The molecule has 0 fully saturated rings. The third kappa shape index (κ3) is 6.08. The quantitative estimate of drug-likeness (QED) is 0.390. The van der Waals surface area contributed by atoms with Crippen molar-refractivity contribution in [2.75, 3.05) is 0 Å². The van der Waals surface area contributed by atoms with Gasteiger partial charge in [-0.15, -0.1) is 5.10 Å². The summed E-state index contributed by atoms with van der Waals surface area (Å²) in [6.07, 6.45) is -1.82. The van der Waals surface area contributed by atoms with Gasteiger partial charge in [0.2, 0.25) is 0 Å². The van der Waals surface area contributed by atoms with Crippen molar-refractivity contribution in [2.24, 2.45) is 0 Å². The lowest BCUT2D eigenvalue weighted by atomic mass is 10.1. The third-order valence-corrected chi connectivity index (χ3v) is 5.26. The largest absolute Gasteiger partial charge is 0.450 e. The van der Waals surface area contributed by atoms with Crippen molar-refractivity contribution < 1.29 is 23.9 Å². The van der Waals surface area contributed by atoms with Gasteiger partial charge in [-0.1, -0.05) is 78.0 Å². The normalized spacial score (nSPS) is 12.5. The second-order valence-electron chi connectivity index (χ2n) is 7.87. The molecule has 0 spiro atoms. The Balaban J connectivity index is 1.44. The summed E-state index contributed by atoms with van der Waals surface area (Å²) in [6, 6.07) is 24.3. The first-order chi connectivity index (χ1) is 17.0. The molecule has 0 aliphatic rings. The number of aromatic nitrogens is 3. The van der Waals surface area contributed by atoms with Gasteiger partial charge in [-0.25, -0.2) is 9.59 Å². The summed E-state index contributed by atoms with van der Waals surface area (Å²) >= 11 is 0. The molecule has 4 aromatic rings. The van der Waals surface area contributed by atoms with E-state index in [1.54, 1.807) is 24.3 Å². The highest BCUT2D eigenvalue weighted by molar-refractivity contribution is 5.93. The lowest BCUT2D eigenvalue weighted by Gasteiger charge is -2.20. The van der Waals surface area contributed by atoms with Crippen molar-refractivity contribution in [3.8, 4) is 0 Å². The van der Waals surface area contributed by atoms with Gasteiger partial charge < -0.3 is 14.8 Å². The number of fused-ring (bicyclic) bond motifs is 1. The number of rotatable bonds is 8. The summed E-state index contributed by atoms with van der Waals surface area (Å²) < 4.78 is 11.9. The second kappa shape index (κ2) is 11.1. The highest BCUT2D eigenvalue weighted by atomic mass is 16.6. The number of amides is 1.